The highest BCUT2D eigenvalue weighted by molar-refractivity contribution is 14.2. The Morgan fingerprint density at radius 3 is 2.00 bits per heavy atom. The summed E-state index contributed by atoms with van der Waals surface area (Å²) in [6, 6.07) is 19.9. The van der Waals surface area contributed by atoms with E-state index in [1.165, 1.54) is 22.6 Å². The molecule has 0 fully saturated rings. The standard InChI is InChI=1S/C16H18IP/c1-13(2)12-14-8-10-16(11-9-14)18(17)15-6-4-3-5-7-15/h3-11,13H,12H2,1-2H3. The van der Waals surface area contributed by atoms with Gasteiger partial charge in [0, 0.05) is 5.56 Å². The molecule has 0 aliphatic heterocycles. The van der Waals surface area contributed by atoms with E-state index < -0.39 is 0 Å². The third-order valence-corrected chi connectivity index (χ3v) is 7.64. The van der Waals surface area contributed by atoms with Gasteiger partial charge in [0.05, 0.1) is 0 Å². The second-order valence-electron chi connectivity index (χ2n) is 4.88. The van der Waals surface area contributed by atoms with Gasteiger partial charge >= 0.3 is 0 Å². The normalized spacial score (nSPS) is 12.7. The number of benzene rings is 2. The highest BCUT2D eigenvalue weighted by Gasteiger charge is 2.09. The molecular weight excluding hydrogens is 350 g/mol. The Morgan fingerprint density at radius 2 is 1.44 bits per heavy atom. The lowest BCUT2D eigenvalue weighted by molar-refractivity contribution is 0.647. The van der Waals surface area contributed by atoms with Crippen LogP contribution in [0.5, 0.6) is 0 Å². The van der Waals surface area contributed by atoms with Crippen LogP contribution in [0.4, 0.5) is 0 Å². The number of hydrogen-bond acceptors (Lipinski definition) is 0. The predicted octanol–water partition coefficient (Wildman–Crippen LogP) is 4.67. The monoisotopic (exact) mass is 368 g/mol. The molecule has 0 saturated heterocycles. The van der Waals surface area contributed by atoms with E-state index in [1.807, 2.05) is 0 Å². The van der Waals surface area contributed by atoms with E-state index in [2.05, 4.69) is 90.5 Å². The van der Waals surface area contributed by atoms with Crippen LogP contribution in [0.1, 0.15) is 19.4 Å². The van der Waals surface area contributed by atoms with Crippen molar-refractivity contribution < 1.29 is 0 Å². The summed E-state index contributed by atoms with van der Waals surface area (Å²) in [6.45, 7) is 4.53. The summed E-state index contributed by atoms with van der Waals surface area (Å²) in [4.78, 5) is 0. The van der Waals surface area contributed by atoms with E-state index in [1.54, 1.807) is 0 Å². The Hall–Kier alpha value is -0.400. The van der Waals surface area contributed by atoms with Crippen LogP contribution in [0.25, 0.3) is 0 Å². The largest absolute Gasteiger partial charge is 0.0625 e. The molecule has 0 aromatic heterocycles. The maximum atomic E-state index is 2.58. The highest BCUT2D eigenvalue weighted by atomic mass is 127. The molecule has 0 amide bonds. The van der Waals surface area contributed by atoms with Crippen molar-refractivity contribution >= 4 is 38.2 Å². The summed E-state index contributed by atoms with van der Waals surface area (Å²) in [5.74, 6) is 0.728. The van der Waals surface area contributed by atoms with Gasteiger partial charge in [-0.25, -0.2) is 0 Å². The van der Waals surface area contributed by atoms with Crippen molar-refractivity contribution in [1.29, 1.82) is 0 Å². The molecule has 18 heavy (non-hydrogen) atoms. The van der Waals surface area contributed by atoms with Gasteiger partial charge in [0.15, 0.2) is 0 Å². The van der Waals surface area contributed by atoms with Crippen LogP contribution < -0.4 is 10.6 Å². The maximum Gasteiger partial charge on any atom is 0.0215 e. The van der Waals surface area contributed by atoms with E-state index >= 15 is 0 Å². The topological polar surface area (TPSA) is 0 Å². The van der Waals surface area contributed by atoms with Gasteiger partial charge in [-0.3, -0.25) is 0 Å². The average molecular weight is 368 g/mol. The molecule has 1 unspecified atom stereocenters. The minimum atomic E-state index is -0.234. The van der Waals surface area contributed by atoms with E-state index in [9.17, 15) is 0 Å². The van der Waals surface area contributed by atoms with Crippen LogP contribution in [-0.4, -0.2) is 0 Å². The van der Waals surface area contributed by atoms with Crippen molar-refractivity contribution in [3.05, 3.63) is 60.2 Å². The van der Waals surface area contributed by atoms with Crippen LogP contribution in [0.2, 0.25) is 0 Å². The Morgan fingerprint density at radius 1 is 0.889 bits per heavy atom. The zero-order chi connectivity index (χ0) is 13.0. The summed E-state index contributed by atoms with van der Waals surface area (Å²) < 4.78 is 0. The van der Waals surface area contributed by atoms with Gasteiger partial charge in [-0.2, -0.15) is 0 Å². The molecule has 0 nitrogen and oxygen atoms in total. The van der Waals surface area contributed by atoms with E-state index in [0.29, 0.717) is 0 Å². The molecule has 2 rings (SSSR count). The van der Waals surface area contributed by atoms with Gasteiger partial charge in [0.2, 0.25) is 0 Å². The molecule has 1 atom stereocenters. The number of halogens is 1. The van der Waals surface area contributed by atoms with Crippen LogP contribution >= 0.6 is 27.6 Å². The first-order valence-corrected chi connectivity index (χ1v) is 10.4. The van der Waals surface area contributed by atoms with Crippen molar-refractivity contribution in [3.8, 4) is 0 Å². The molecule has 0 aliphatic carbocycles. The minimum Gasteiger partial charge on any atom is -0.0625 e. The van der Waals surface area contributed by atoms with Gasteiger partial charge in [0.1, 0.15) is 0 Å². The van der Waals surface area contributed by atoms with Crippen molar-refractivity contribution in [1.82, 2.24) is 0 Å². The van der Waals surface area contributed by atoms with Crippen molar-refractivity contribution in [3.63, 3.8) is 0 Å². The molecular formula is C16H18IP. The first-order chi connectivity index (χ1) is 8.66. The molecule has 0 N–H and O–H groups in total. The lowest BCUT2D eigenvalue weighted by Gasteiger charge is -2.12. The summed E-state index contributed by atoms with van der Waals surface area (Å²) in [5.41, 5.74) is 1.21. The Labute approximate surface area is 124 Å². The van der Waals surface area contributed by atoms with E-state index in [0.717, 1.165) is 5.92 Å². The molecule has 2 heteroatoms. The van der Waals surface area contributed by atoms with Crippen LogP contribution in [0.3, 0.4) is 0 Å². The number of rotatable bonds is 4. The first-order valence-electron chi connectivity index (χ1n) is 6.26. The first kappa shape index (κ1) is 14.0. The van der Waals surface area contributed by atoms with E-state index in [4.69, 9.17) is 0 Å². The maximum absolute atomic E-state index is 2.58. The van der Waals surface area contributed by atoms with Crippen LogP contribution in [0, 0.1) is 5.92 Å². The summed E-state index contributed by atoms with van der Waals surface area (Å²) in [5, 5.41) is 2.88. The minimum absolute atomic E-state index is 0.234. The molecule has 2 aromatic rings. The smallest absolute Gasteiger partial charge is 0.0215 e. The fourth-order valence-electron chi connectivity index (χ4n) is 1.94. The van der Waals surface area contributed by atoms with Gasteiger partial charge in [-0.1, -0.05) is 68.4 Å². The molecule has 0 saturated carbocycles. The van der Waals surface area contributed by atoms with E-state index in [-0.39, 0.29) is 5.56 Å². The van der Waals surface area contributed by atoms with Crippen LogP contribution in [-0.2, 0) is 6.42 Å². The van der Waals surface area contributed by atoms with Crippen molar-refractivity contribution in [2.75, 3.05) is 0 Å². The number of hydrogen-bond donors (Lipinski definition) is 0. The van der Waals surface area contributed by atoms with Gasteiger partial charge in [-0.05, 0) is 50.6 Å². The van der Waals surface area contributed by atoms with Crippen molar-refractivity contribution in [2.45, 2.75) is 20.3 Å². The molecule has 0 radical (unpaired) electrons. The quantitative estimate of drug-likeness (QED) is 0.544. The Kier molecular flexibility index (Phi) is 5.20. The van der Waals surface area contributed by atoms with Gasteiger partial charge < -0.3 is 0 Å². The fourth-order valence-corrected chi connectivity index (χ4v) is 5.01. The van der Waals surface area contributed by atoms with Crippen molar-refractivity contribution in [2.24, 2.45) is 5.92 Å². The van der Waals surface area contributed by atoms with Gasteiger partial charge in [-0.15, -0.1) is 0 Å². The Bertz CT molecular complexity index is 476. The lowest BCUT2D eigenvalue weighted by Crippen LogP contribution is -2.07. The third-order valence-electron chi connectivity index (χ3n) is 2.79. The SMILES string of the molecule is CC(C)Cc1ccc(P(I)c2ccccc2)cc1. The summed E-state index contributed by atoms with van der Waals surface area (Å²) >= 11 is 2.58. The second-order valence-corrected chi connectivity index (χ2v) is 9.37. The van der Waals surface area contributed by atoms with Crippen LogP contribution in [0.15, 0.2) is 54.6 Å². The molecule has 0 heterocycles. The highest BCUT2D eigenvalue weighted by Crippen LogP contribution is 2.42. The van der Waals surface area contributed by atoms with Gasteiger partial charge in [0.25, 0.3) is 0 Å². The molecule has 2 aromatic carbocycles. The molecule has 0 spiro atoms. The second kappa shape index (κ2) is 6.68. The molecule has 0 aliphatic rings. The third kappa shape index (κ3) is 3.80. The lowest BCUT2D eigenvalue weighted by atomic mass is 10.0. The summed E-state index contributed by atoms with van der Waals surface area (Å²) in [6.07, 6.45) is 1.17. The Balaban J connectivity index is 2.14. The molecule has 94 valence electrons. The average Bonchev–Trinajstić information content (AvgIpc) is 2.39. The zero-order valence-corrected chi connectivity index (χ0v) is 13.9. The molecule has 0 bridgehead atoms. The zero-order valence-electron chi connectivity index (χ0n) is 10.8. The summed E-state index contributed by atoms with van der Waals surface area (Å²) in [7, 11) is 0. The fraction of sp³-hybridized carbons (Fsp3) is 0.250. The predicted molar refractivity (Wildman–Crippen MR) is 91.6 cm³/mol.